The Morgan fingerprint density at radius 2 is 1.67 bits per heavy atom. The van der Waals surface area contributed by atoms with Gasteiger partial charge in [0, 0.05) is 5.56 Å². The summed E-state index contributed by atoms with van der Waals surface area (Å²) in [5, 5.41) is 4.14. The van der Waals surface area contributed by atoms with Crippen LogP contribution in [0.3, 0.4) is 0 Å². The Morgan fingerprint density at radius 1 is 0.958 bits per heavy atom. The molecule has 0 N–H and O–H groups in total. The van der Waals surface area contributed by atoms with E-state index in [0.717, 1.165) is 17.1 Å². The molecule has 1 aliphatic rings. The van der Waals surface area contributed by atoms with Crippen LogP contribution in [0.1, 0.15) is 5.56 Å². The van der Waals surface area contributed by atoms with E-state index in [0.29, 0.717) is 19.8 Å². The normalized spacial score (nSPS) is 16.2. The maximum Gasteiger partial charge on any atom is 0.215 e. The van der Waals surface area contributed by atoms with E-state index in [9.17, 15) is 0 Å². The van der Waals surface area contributed by atoms with Gasteiger partial charge in [0.1, 0.15) is 30.7 Å². The van der Waals surface area contributed by atoms with E-state index in [1.165, 1.54) is 6.33 Å². The second kappa shape index (κ2) is 6.43. The molecule has 2 heterocycles. The highest BCUT2D eigenvalue weighted by molar-refractivity contribution is 5.34. The van der Waals surface area contributed by atoms with Crippen molar-refractivity contribution in [2.45, 2.75) is 12.3 Å². The summed E-state index contributed by atoms with van der Waals surface area (Å²) in [6.07, 6.45) is 3.15. The van der Waals surface area contributed by atoms with Crippen LogP contribution in [0.15, 0.2) is 67.3 Å². The molecule has 4 rings (SSSR count). The van der Waals surface area contributed by atoms with Crippen LogP contribution in [0.2, 0.25) is 0 Å². The zero-order chi connectivity index (χ0) is 16.2. The molecule has 6 heteroatoms. The van der Waals surface area contributed by atoms with Gasteiger partial charge >= 0.3 is 0 Å². The van der Waals surface area contributed by atoms with Crippen molar-refractivity contribution in [3.8, 4) is 11.5 Å². The van der Waals surface area contributed by atoms with Crippen molar-refractivity contribution in [2.24, 2.45) is 0 Å². The Bertz CT molecular complexity index is 767. The van der Waals surface area contributed by atoms with Crippen LogP contribution in [0, 0.1) is 0 Å². The van der Waals surface area contributed by atoms with Crippen LogP contribution in [-0.4, -0.2) is 28.0 Å². The van der Waals surface area contributed by atoms with Gasteiger partial charge in [-0.25, -0.2) is 9.67 Å². The van der Waals surface area contributed by atoms with Crippen molar-refractivity contribution in [1.82, 2.24) is 14.8 Å². The van der Waals surface area contributed by atoms with Gasteiger partial charge in [0.15, 0.2) is 0 Å². The first-order chi connectivity index (χ1) is 11.8. The Morgan fingerprint density at radius 3 is 2.33 bits per heavy atom. The highest BCUT2D eigenvalue weighted by Crippen LogP contribution is 2.34. The minimum atomic E-state index is -0.834. The number of benzene rings is 2. The van der Waals surface area contributed by atoms with Gasteiger partial charge in [-0.05, 0) is 36.4 Å². The molecule has 1 saturated heterocycles. The van der Waals surface area contributed by atoms with Crippen molar-refractivity contribution < 1.29 is 14.2 Å². The van der Waals surface area contributed by atoms with Crippen LogP contribution in [0.5, 0.6) is 11.5 Å². The summed E-state index contributed by atoms with van der Waals surface area (Å²) in [5.41, 5.74) is 0.927. The molecular formula is C18H17N3O3. The summed E-state index contributed by atoms with van der Waals surface area (Å²) < 4.78 is 19.3. The van der Waals surface area contributed by atoms with Gasteiger partial charge in [0.2, 0.25) is 5.79 Å². The third-order valence-corrected chi connectivity index (χ3v) is 3.86. The van der Waals surface area contributed by atoms with Crippen LogP contribution in [0.25, 0.3) is 0 Å². The quantitative estimate of drug-likeness (QED) is 0.722. The molecule has 0 radical (unpaired) electrons. The summed E-state index contributed by atoms with van der Waals surface area (Å²) in [6, 6.07) is 17.4. The van der Waals surface area contributed by atoms with Crippen molar-refractivity contribution in [2.75, 3.05) is 13.2 Å². The molecule has 1 aromatic heterocycles. The Balaban J connectivity index is 1.56. The van der Waals surface area contributed by atoms with Crippen LogP contribution >= 0.6 is 0 Å². The lowest BCUT2D eigenvalue weighted by atomic mass is 10.1. The predicted molar refractivity (Wildman–Crippen MR) is 86.6 cm³/mol. The molecule has 1 fully saturated rings. The molecule has 6 nitrogen and oxygen atoms in total. The van der Waals surface area contributed by atoms with Gasteiger partial charge in [-0.3, -0.25) is 0 Å². The van der Waals surface area contributed by atoms with E-state index in [4.69, 9.17) is 14.2 Å². The van der Waals surface area contributed by atoms with Gasteiger partial charge in [-0.15, -0.1) is 0 Å². The maximum atomic E-state index is 5.91. The minimum Gasteiger partial charge on any atom is -0.457 e. The number of hydrogen-bond acceptors (Lipinski definition) is 5. The predicted octanol–water partition coefficient (Wildman–Crippen LogP) is 2.97. The van der Waals surface area contributed by atoms with Crippen LogP contribution < -0.4 is 4.74 Å². The van der Waals surface area contributed by atoms with E-state index < -0.39 is 5.79 Å². The van der Waals surface area contributed by atoms with Crippen molar-refractivity contribution >= 4 is 0 Å². The first kappa shape index (κ1) is 14.9. The third-order valence-electron chi connectivity index (χ3n) is 3.86. The molecule has 0 atom stereocenters. The van der Waals surface area contributed by atoms with E-state index in [2.05, 4.69) is 10.1 Å². The van der Waals surface area contributed by atoms with E-state index in [-0.39, 0.29) is 0 Å². The second-order valence-electron chi connectivity index (χ2n) is 5.48. The SMILES string of the molecule is c1ccc(Oc2ccc(C3(Cn4cncn4)OCCO3)cc2)cc1. The summed E-state index contributed by atoms with van der Waals surface area (Å²) in [4.78, 5) is 3.97. The molecule has 0 aliphatic carbocycles. The van der Waals surface area contributed by atoms with Gasteiger partial charge < -0.3 is 14.2 Å². The molecular weight excluding hydrogens is 306 g/mol. The number of hydrogen-bond donors (Lipinski definition) is 0. The largest absolute Gasteiger partial charge is 0.457 e. The van der Waals surface area contributed by atoms with Crippen molar-refractivity contribution in [3.63, 3.8) is 0 Å². The summed E-state index contributed by atoms with van der Waals surface area (Å²) in [5.74, 6) is 0.730. The zero-order valence-corrected chi connectivity index (χ0v) is 13.0. The number of rotatable bonds is 5. The smallest absolute Gasteiger partial charge is 0.215 e. The fraction of sp³-hybridized carbons (Fsp3) is 0.222. The van der Waals surface area contributed by atoms with Gasteiger partial charge in [0.05, 0.1) is 13.2 Å². The second-order valence-corrected chi connectivity index (χ2v) is 5.48. The molecule has 0 bridgehead atoms. The highest BCUT2D eigenvalue weighted by atomic mass is 16.7. The molecule has 0 amide bonds. The average molecular weight is 323 g/mol. The number of nitrogens with zero attached hydrogens (tertiary/aromatic N) is 3. The molecule has 122 valence electrons. The van der Waals surface area contributed by atoms with E-state index in [1.54, 1.807) is 11.0 Å². The highest BCUT2D eigenvalue weighted by Gasteiger charge is 2.39. The summed E-state index contributed by atoms with van der Waals surface area (Å²) in [7, 11) is 0. The zero-order valence-electron chi connectivity index (χ0n) is 13.0. The summed E-state index contributed by atoms with van der Waals surface area (Å²) in [6.45, 7) is 1.56. The fourth-order valence-electron chi connectivity index (χ4n) is 2.73. The topological polar surface area (TPSA) is 58.4 Å². The lowest BCUT2D eigenvalue weighted by Gasteiger charge is -2.27. The maximum absolute atomic E-state index is 5.91. The Labute approximate surface area is 139 Å². The van der Waals surface area contributed by atoms with Crippen molar-refractivity contribution in [3.05, 3.63) is 72.8 Å². The number of para-hydroxylation sites is 1. The molecule has 0 saturated carbocycles. The van der Waals surface area contributed by atoms with Crippen molar-refractivity contribution in [1.29, 1.82) is 0 Å². The third kappa shape index (κ3) is 3.02. The molecule has 3 aromatic rings. The first-order valence-electron chi connectivity index (χ1n) is 7.78. The lowest BCUT2D eigenvalue weighted by Crippen LogP contribution is -2.33. The van der Waals surface area contributed by atoms with E-state index >= 15 is 0 Å². The Hall–Kier alpha value is -2.70. The molecule has 0 spiro atoms. The van der Waals surface area contributed by atoms with Gasteiger partial charge in [0.25, 0.3) is 0 Å². The molecule has 1 aliphatic heterocycles. The molecule has 2 aromatic carbocycles. The standard InChI is InChI=1S/C18H17N3O3/c1-2-4-16(5-3-1)24-17-8-6-15(7-9-17)18(22-10-11-23-18)12-21-14-19-13-20-21/h1-9,13-14H,10-12H2. The minimum absolute atomic E-state index is 0.450. The molecule has 0 unspecified atom stereocenters. The van der Waals surface area contributed by atoms with Crippen LogP contribution in [-0.2, 0) is 21.8 Å². The number of aromatic nitrogens is 3. The fourth-order valence-corrected chi connectivity index (χ4v) is 2.73. The van der Waals surface area contributed by atoms with Gasteiger partial charge in [-0.2, -0.15) is 5.10 Å². The molecule has 24 heavy (non-hydrogen) atoms. The monoisotopic (exact) mass is 323 g/mol. The first-order valence-corrected chi connectivity index (χ1v) is 7.78. The summed E-state index contributed by atoms with van der Waals surface area (Å²) >= 11 is 0. The average Bonchev–Trinajstić information content (AvgIpc) is 3.30. The van der Waals surface area contributed by atoms with Gasteiger partial charge in [-0.1, -0.05) is 18.2 Å². The van der Waals surface area contributed by atoms with Crippen LogP contribution in [0.4, 0.5) is 0 Å². The Kier molecular flexibility index (Phi) is 3.98. The lowest BCUT2D eigenvalue weighted by molar-refractivity contribution is -0.177. The number of ether oxygens (including phenoxy) is 3. The van der Waals surface area contributed by atoms with E-state index in [1.807, 2.05) is 54.6 Å².